The van der Waals surface area contributed by atoms with Gasteiger partial charge in [-0.2, -0.15) is 13.2 Å². The van der Waals surface area contributed by atoms with E-state index in [1.54, 1.807) is 25.1 Å². The van der Waals surface area contributed by atoms with Crippen LogP contribution in [0.3, 0.4) is 0 Å². The van der Waals surface area contributed by atoms with Gasteiger partial charge in [-0.05, 0) is 18.6 Å². The molecule has 0 atom stereocenters. The molecular weight excluding hydrogens is 247 g/mol. The first-order valence-corrected chi connectivity index (χ1v) is 5.11. The highest BCUT2D eigenvalue weighted by Gasteiger charge is 2.39. The van der Waals surface area contributed by atoms with Gasteiger partial charge in [0.05, 0.1) is 5.69 Å². The minimum atomic E-state index is -4.68. The quantitative estimate of drug-likeness (QED) is 0.782. The number of benzene rings is 1. The van der Waals surface area contributed by atoms with Crippen LogP contribution in [0.4, 0.5) is 13.2 Å². The molecule has 4 nitrogen and oxygen atoms in total. The Morgan fingerprint density at radius 2 is 1.83 bits per heavy atom. The van der Waals surface area contributed by atoms with Crippen LogP contribution in [0.5, 0.6) is 0 Å². The Balaban J connectivity index is 2.80. The molecular formula is C11H10F3N3O. The van der Waals surface area contributed by atoms with Gasteiger partial charge in [0.15, 0.2) is 0 Å². The number of para-hydroxylation sites is 1. The Kier molecular flexibility index (Phi) is 2.76. The van der Waals surface area contributed by atoms with E-state index < -0.39 is 17.7 Å². The average Bonchev–Trinajstić information content (AvgIpc) is 2.57. The maximum Gasteiger partial charge on any atom is 0.452 e. The molecule has 1 heterocycles. The number of hydrogen-bond donors (Lipinski definition) is 0. The van der Waals surface area contributed by atoms with Gasteiger partial charge in [-0.3, -0.25) is 0 Å². The molecule has 0 saturated carbocycles. The fourth-order valence-corrected chi connectivity index (χ4v) is 1.68. The Morgan fingerprint density at radius 3 is 2.39 bits per heavy atom. The summed E-state index contributed by atoms with van der Waals surface area (Å²) in [6.07, 6.45) is -4.68. The number of nitrogens with zero attached hydrogens (tertiary/aromatic N) is 3. The number of aryl methyl sites for hydroxylation is 2. The number of rotatable bonds is 1. The molecule has 0 bridgehead atoms. The van der Waals surface area contributed by atoms with Gasteiger partial charge in [0.1, 0.15) is 0 Å². The van der Waals surface area contributed by atoms with Crippen LogP contribution >= 0.6 is 0 Å². The first-order chi connectivity index (χ1) is 8.32. The van der Waals surface area contributed by atoms with Crippen molar-refractivity contribution in [2.75, 3.05) is 0 Å². The Morgan fingerprint density at radius 1 is 1.22 bits per heavy atom. The van der Waals surface area contributed by atoms with Gasteiger partial charge in [0, 0.05) is 7.05 Å². The zero-order chi connectivity index (χ0) is 13.5. The van der Waals surface area contributed by atoms with E-state index in [-0.39, 0.29) is 5.69 Å². The number of alkyl halides is 3. The lowest BCUT2D eigenvalue weighted by Crippen LogP contribution is -2.24. The van der Waals surface area contributed by atoms with E-state index in [0.29, 0.717) is 14.8 Å². The van der Waals surface area contributed by atoms with E-state index in [4.69, 9.17) is 0 Å². The van der Waals surface area contributed by atoms with Gasteiger partial charge >= 0.3 is 11.9 Å². The van der Waals surface area contributed by atoms with E-state index >= 15 is 0 Å². The molecule has 18 heavy (non-hydrogen) atoms. The zero-order valence-electron chi connectivity index (χ0n) is 9.69. The zero-order valence-corrected chi connectivity index (χ0v) is 9.69. The highest BCUT2D eigenvalue weighted by Crippen LogP contribution is 2.28. The highest BCUT2D eigenvalue weighted by atomic mass is 19.4. The fourth-order valence-electron chi connectivity index (χ4n) is 1.68. The van der Waals surface area contributed by atoms with Crippen LogP contribution in [0.25, 0.3) is 5.69 Å². The van der Waals surface area contributed by atoms with E-state index in [2.05, 4.69) is 5.10 Å². The number of aromatic nitrogens is 3. The van der Waals surface area contributed by atoms with Crippen molar-refractivity contribution < 1.29 is 13.2 Å². The molecule has 0 N–H and O–H groups in total. The van der Waals surface area contributed by atoms with Crippen molar-refractivity contribution in [2.24, 2.45) is 7.05 Å². The summed E-state index contributed by atoms with van der Waals surface area (Å²) in [5.74, 6) is -1.22. The minimum absolute atomic E-state index is 0.183. The van der Waals surface area contributed by atoms with Crippen molar-refractivity contribution in [2.45, 2.75) is 13.1 Å². The smallest absolute Gasteiger partial charge is 0.246 e. The molecule has 0 saturated heterocycles. The van der Waals surface area contributed by atoms with Crippen LogP contribution in [0.1, 0.15) is 11.4 Å². The summed E-state index contributed by atoms with van der Waals surface area (Å²) in [5.41, 5.74) is -0.0716. The second kappa shape index (κ2) is 4.01. The number of hydrogen-bond acceptors (Lipinski definition) is 2. The maximum absolute atomic E-state index is 12.8. The summed E-state index contributed by atoms with van der Waals surface area (Å²) in [5, 5.41) is 3.24. The molecule has 0 amide bonds. The summed E-state index contributed by atoms with van der Waals surface area (Å²) in [7, 11) is 1.19. The molecule has 0 radical (unpaired) electrons. The molecule has 2 rings (SSSR count). The van der Waals surface area contributed by atoms with Crippen molar-refractivity contribution in [1.29, 1.82) is 0 Å². The molecule has 1 aromatic heterocycles. The van der Waals surface area contributed by atoms with Gasteiger partial charge in [-0.25, -0.2) is 14.0 Å². The largest absolute Gasteiger partial charge is 0.452 e. The van der Waals surface area contributed by atoms with Crippen LogP contribution in [-0.2, 0) is 13.2 Å². The lowest BCUT2D eigenvalue weighted by Gasteiger charge is -2.10. The van der Waals surface area contributed by atoms with Gasteiger partial charge in [0.2, 0.25) is 5.82 Å². The Bertz CT molecular complexity index is 640. The minimum Gasteiger partial charge on any atom is -0.246 e. The Hall–Kier alpha value is -2.05. The third-order valence-electron chi connectivity index (χ3n) is 2.53. The second-order valence-electron chi connectivity index (χ2n) is 3.85. The van der Waals surface area contributed by atoms with Crippen molar-refractivity contribution in [1.82, 2.24) is 14.3 Å². The predicted molar refractivity (Wildman–Crippen MR) is 58.5 cm³/mol. The lowest BCUT2D eigenvalue weighted by atomic mass is 10.2. The summed E-state index contributed by atoms with van der Waals surface area (Å²) in [4.78, 5) is 11.8. The fraction of sp³-hybridized carbons (Fsp3) is 0.273. The Labute approximate surface area is 100 Å². The van der Waals surface area contributed by atoms with E-state index in [1.165, 1.54) is 13.1 Å². The van der Waals surface area contributed by atoms with E-state index in [0.717, 1.165) is 0 Å². The van der Waals surface area contributed by atoms with Crippen molar-refractivity contribution >= 4 is 0 Å². The molecule has 0 fully saturated rings. The van der Waals surface area contributed by atoms with Gasteiger partial charge in [-0.15, -0.1) is 5.10 Å². The van der Waals surface area contributed by atoms with E-state index in [9.17, 15) is 18.0 Å². The molecule has 96 valence electrons. The second-order valence-corrected chi connectivity index (χ2v) is 3.85. The van der Waals surface area contributed by atoms with Crippen molar-refractivity contribution in [3.63, 3.8) is 0 Å². The first kappa shape index (κ1) is 12.4. The molecule has 2 aromatic rings. The van der Waals surface area contributed by atoms with Gasteiger partial charge in [0.25, 0.3) is 0 Å². The summed E-state index contributed by atoms with van der Waals surface area (Å²) >= 11 is 0. The molecule has 0 aliphatic carbocycles. The van der Waals surface area contributed by atoms with Crippen LogP contribution in [0, 0.1) is 6.92 Å². The van der Waals surface area contributed by atoms with Gasteiger partial charge < -0.3 is 0 Å². The SMILES string of the molecule is Cc1ccccc1-n1c(C(F)(F)F)nn(C)c1=O. The molecule has 1 aromatic carbocycles. The first-order valence-electron chi connectivity index (χ1n) is 5.11. The average molecular weight is 257 g/mol. The summed E-state index contributed by atoms with van der Waals surface area (Å²) in [6, 6.07) is 6.35. The van der Waals surface area contributed by atoms with E-state index in [1.807, 2.05) is 0 Å². The van der Waals surface area contributed by atoms with Crippen molar-refractivity contribution in [3.8, 4) is 5.69 Å². The monoisotopic (exact) mass is 257 g/mol. The third-order valence-corrected chi connectivity index (χ3v) is 2.53. The summed E-state index contributed by atoms with van der Waals surface area (Å²) < 4.78 is 39.7. The van der Waals surface area contributed by atoms with Crippen LogP contribution in [0.15, 0.2) is 29.1 Å². The number of halogens is 3. The van der Waals surface area contributed by atoms with Crippen LogP contribution in [0.2, 0.25) is 0 Å². The highest BCUT2D eigenvalue weighted by molar-refractivity contribution is 5.40. The van der Waals surface area contributed by atoms with Crippen LogP contribution in [-0.4, -0.2) is 14.3 Å². The van der Waals surface area contributed by atoms with Crippen molar-refractivity contribution in [3.05, 3.63) is 46.1 Å². The normalized spacial score (nSPS) is 11.8. The topological polar surface area (TPSA) is 39.8 Å². The maximum atomic E-state index is 12.8. The molecule has 0 unspecified atom stereocenters. The molecule has 7 heteroatoms. The van der Waals surface area contributed by atoms with Gasteiger partial charge in [-0.1, -0.05) is 18.2 Å². The standard InChI is InChI=1S/C11H10F3N3O/c1-7-5-3-4-6-8(7)17-9(11(12,13)14)15-16(2)10(17)18/h3-6H,1-2H3. The molecule has 0 aliphatic heterocycles. The molecule has 0 spiro atoms. The lowest BCUT2D eigenvalue weighted by molar-refractivity contribution is -0.146. The third kappa shape index (κ3) is 1.92. The summed E-state index contributed by atoms with van der Waals surface area (Å²) in [6.45, 7) is 1.63. The molecule has 0 aliphatic rings. The predicted octanol–water partition coefficient (Wildman–Crippen LogP) is 1.90. The van der Waals surface area contributed by atoms with Crippen LogP contribution < -0.4 is 5.69 Å².